The van der Waals surface area contributed by atoms with Crippen molar-refractivity contribution in [1.82, 2.24) is 19.7 Å². The van der Waals surface area contributed by atoms with Gasteiger partial charge in [-0.1, -0.05) is 37.2 Å². The van der Waals surface area contributed by atoms with Gasteiger partial charge in [-0.2, -0.15) is 0 Å². The Morgan fingerprint density at radius 2 is 1.93 bits per heavy atom. The lowest BCUT2D eigenvalue weighted by molar-refractivity contribution is -0.115. The molecule has 3 aromatic rings. The summed E-state index contributed by atoms with van der Waals surface area (Å²) in [5, 5.41) is 11.6. The summed E-state index contributed by atoms with van der Waals surface area (Å²) in [5.41, 5.74) is 1.35. The highest BCUT2D eigenvalue weighted by molar-refractivity contribution is 8.00. The van der Waals surface area contributed by atoms with Gasteiger partial charge in [0.1, 0.15) is 5.82 Å². The molecule has 1 N–H and O–H groups in total. The smallest absolute Gasteiger partial charge is 0.237 e. The molecule has 1 aromatic carbocycles. The van der Waals surface area contributed by atoms with E-state index < -0.39 is 11.1 Å². The highest BCUT2D eigenvalue weighted by Crippen LogP contribution is 2.28. The highest BCUT2D eigenvalue weighted by Gasteiger charge is 2.21. The van der Waals surface area contributed by atoms with Gasteiger partial charge >= 0.3 is 0 Å². The van der Waals surface area contributed by atoms with Crippen LogP contribution in [0.2, 0.25) is 5.02 Å². The number of hydrogen-bond acceptors (Lipinski definition) is 5. The quantitative estimate of drug-likeness (QED) is 0.536. The average molecular weight is 434 g/mol. The van der Waals surface area contributed by atoms with Crippen LogP contribution in [0.1, 0.15) is 20.8 Å². The van der Waals surface area contributed by atoms with Gasteiger partial charge in [0.05, 0.1) is 10.3 Å². The molecule has 0 bridgehead atoms. The Hall–Kier alpha value is -2.45. The lowest BCUT2D eigenvalue weighted by atomic mass is 10.2. The van der Waals surface area contributed by atoms with Crippen LogP contribution in [-0.2, 0) is 11.3 Å². The molecular weight excluding hydrogens is 413 g/mol. The van der Waals surface area contributed by atoms with Crippen molar-refractivity contribution in [2.45, 2.75) is 37.7 Å². The molecule has 6 nitrogen and oxygen atoms in total. The van der Waals surface area contributed by atoms with Crippen LogP contribution in [0.4, 0.5) is 10.1 Å². The Balaban J connectivity index is 1.78. The van der Waals surface area contributed by atoms with Crippen LogP contribution in [0.25, 0.3) is 11.4 Å². The Morgan fingerprint density at radius 3 is 2.59 bits per heavy atom. The van der Waals surface area contributed by atoms with Crippen molar-refractivity contribution in [1.29, 1.82) is 0 Å². The second kappa shape index (κ2) is 9.37. The maximum absolute atomic E-state index is 13.3. The molecule has 0 aliphatic carbocycles. The number of nitrogens with zero attached hydrogens (tertiary/aromatic N) is 4. The molecule has 29 heavy (non-hydrogen) atoms. The van der Waals surface area contributed by atoms with Gasteiger partial charge in [-0.25, -0.2) is 4.39 Å². The molecular formula is C20H21ClFN5OS. The molecule has 2 aromatic heterocycles. The molecule has 0 saturated heterocycles. The molecule has 0 fully saturated rings. The van der Waals surface area contributed by atoms with E-state index in [0.717, 1.165) is 17.9 Å². The highest BCUT2D eigenvalue weighted by atomic mass is 35.5. The molecule has 2 heterocycles. The summed E-state index contributed by atoms with van der Waals surface area (Å²) >= 11 is 7.10. The summed E-state index contributed by atoms with van der Waals surface area (Å²) < 4.78 is 15.3. The van der Waals surface area contributed by atoms with Gasteiger partial charge in [0, 0.05) is 30.2 Å². The first-order valence-corrected chi connectivity index (χ1v) is 10.4. The maximum Gasteiger partial charge on any atom is 0.237 e. The third-order valence-electron chi connectivity index (χ3n) is 4.04. The van der Waals surface area contributed by atoms with Crippen molar-refractivity contribution in [2.24, 2.45) is 5.92 Å². The number of anilines is 1. The molecule has 1 amide bonds. The van der Waals surface area contributed by atoms with Crippen LogP contribution in [-0.4, -0.2) is 30.9 Å². The summed E-state index contributed by atoms with van der Waals surface area (Å²) in [5.74, 6) is 0.345. The molecule has 0 radical (unpaired) electrons. The number of rotatable bonds is 7. The van der Waals surface area contributed by atoms with Crippen LogP contribution in [0.5, 0.6) is 0 Å². The zero-order valence-electron chi connectivity index (χ0n) is 16.3. The number of aromatic nitrogens is 4. The average Bonchev–Trinajstić information content (AvgIpc) is 3.07. The van der Waals surface area contributed by atoms with E-state index in [-0.39, 0.29) is 10.9 Å². The molecule has 1 atom stereocenters. The summed E-state index contributed by atoms with van der Waals surface area (Å²) in [6, 6.07) is 7.83. The van der Waals surface area contributed by atoms with Gasteiger partial charge in [0.15, 0.2) is 11.0 Å². The lowest BCUT2D eigenvalue weighted by Crippen LogP contribution is -2.23. The minimum absolute atomic E-state index is 0.0400. The number of carbonyl (C=O) groups is 1. The summed E-state index contributed by atoms with van der Waals surface area (Å²) in [6.45, 7) is 6.72. The van der Waals surface area contributed by atoms with Gasteiger partial charge in [-0.05, 0) is 43.2 Å². The molecule has 0 unspecified atom stereocenters. The van der Waals surface area contributed by atoms with E-state index in [9.17, 15) is 9.18 Å². The Labute approximate surface area is 177 Å². The molecule has 152 valence electrons. The SMILES string of the molecule is CC(C)Cn1c(S[C@H](C)C(=O)Nc2ccc(F)c(Cl)c2)nnc1-c1ccncc1. The molecule has 0 saturated carbocycles. The molecule has 9 heteroatoms. The number of amides is 1. The van der Waals surface area contributed by atoms with E-state index in [4.69, 9.17) is 11.6 Å². The Morgan fingerprint density at radius 1 is 1.21 bits per heavy atom. The third-order valence-corrected chi connectivity index (χ3v) is 5.41. The molecule has 0 aliphatic heterocycles. The normalized spacial score (nSPS) is 12.2. The van der Waals surface area contributed by atoms with E-state index in [2.05, 4.69) is 34.3 Å². The van der Waals surface area contributed by atoms with Crippen molar-refractivity contribution in [3.8, 4) is 11.4 Å². The fourth-order valence-electron chi connectivity index (χ4n) is 2.65. The van der Waals surface area contributed by atoms with Crippen LogP contribution in [0.15, 0.2) is 47.9 Å². The van der Waals surface area contributed by atoms with Crippen molar-refractivity contribution < 1.29 is 9.18 Å². The van der Waals surface area contributed by atoms with E-state index >= 15 is 0 Å². The van der Waals surface area contributed by atoms with Gasteiger partial charge in [0.2, 0.25) is 5.91 Å². The second-order valence-corrected chi connectivity index (χ2v) is 8.64. The fourth-order valence-corrected chi connectivity index (χ4v) is 3.69. The molecule has 0 aliphatic rings. The zero-order valence-corrected chi connectivity index (χ0v) is 17.8. The van der Waals surface area contributed by atoms with E-state index in [0.29, 0.717) is 16.8 Å². The fraction of sp³-hybridized carbons (Fsp3) is 0.300. The van der Waals surface area contributed by atoms with E-state index in [1.807, 2.05) is 16.7 Å². The van der Waals surface area contributed by atoms with Gasteiger partial charge in [-0.3, -0.25) is 9.78 Å². The van der Waals surface area contributed by atoms with Crippen molar-refractivity contribution in [3.05, 3.63) is 53.6 Å². The summed E-state index contributed by atoms with van der Waals surface area (Å²) in [7, 11) is 0. The van der Waals surface area contributed by atoms with Crippen molar-refractivity contribution in [2.75, 3.05) is 5.32 Å². The van der Waals surface area contributed by atoms with E-state index in [1.54, 1.807) is 19.3 Å². The first-order chi connectivity index (χ1) is 13.8. The van der Waals surface area contributed by atoms with Crippen LogP contribution in [0.3, 0.4) is 0 Å². The van der Waals surface area contributed by atoms with Gasteiger partial charge in [-0.15, -0.1) is 10.2 Å². The van der Waals surface area contributed by atoms with E-state index in [1.165, 1.54) is 30.0 Å². The minimum Gasteiger partial charge on any atom is -0.325 e. The Bertz CT molecular complexity index is 996. The molecule has 0 spiro atoms. The number of pyridine rings is 1. The van der Waals surface area contributed by atoms with Gasteiger partial charge < -0.3 is 9.88 Å². The lowest BCUT2D eigenvalue weighted by Gasteiger charge is -2.15. The number of thioether (sulfide) groups is 1. The molecule has 3 rings (SSSR count). The summed E-state index contributed by atoms with van der Waals surface area (Å²) in [6.07, 6.45) is 3.42. The van der Waals surface area contributed by atoms with Crippen molar-refractivity contribution in [3.63, 3.8) is 0 Å². The number of halogens is 2. The topological polar surface area (TPSA) is 72.7 Å². The number of benzene rings is 1. The number of hydrogen-bond donors (Lipinski definition) is 1. The largest absolute Gasteiger partial charge is 0.325 e. The number of carbonyl (C=O) groups excluding carboxylic acids is 1. The minimum atomic E-state index is -0.530. The monoisotopic (exact) mass is 433 g/mol. The second-order valence-electron chi connectivity index (χ2n) is 6.92. The summed E-state index contributed by atoms with van der Waals surface area (Å²) in [4.78, 5) is 16.6. The predicted octanol–water partition coefficient (Wildman–Crippen LogP) is 4.91. The zero-order chi connectivity index (χ0) is 21.0. The standard InChI is InChI=1S/C20H21ClFN5OS/c1-12(2)11-27-18(14-6-8-23-9-7-14)25-26-20(27)29-13(3)19(28)24-15-4-5-17(22)16(21)10-15/h4-10,12-13H,11H2,1-3H3,(H,24,28)/t13-/m1/s1. The van der Waals surface area contributed by atoms with Crippen LogP contribution < -0.4 is 5.32 Å². The van der Waals surface area contributed by atoms with Crippen LogP contribution in [0, 0.1) is 11.7 Å². The third kappa shape index (κ3) is 5.33. The Kier molecular flexibility index (Phi) is 6.87. The van der Waals surface area contributed by atoms with Crippen LogP contribution >= 0.6 is 23.4 Å². The van der Waals surface area contributed by atoms with Crippen molar-refractivity contribution >= 4 is 35.0 Å². The predicted molar refractivity (Wildman–Crippen MR) is 113 cm³/mol. The maximum atomic E-state index is 13.3. The number of nitrogens with one attached hydrogen (secondary N) is 1. The van der Waals surface area contributed by atoms with Gasteiger partial charge in [0.25, 0.3) is 0 Å². The first kappa shape index (κ1) is 21.3. The first-order valence-electron chi connectivity index (χ1n) is 9.11.